The molecule has 0 spiro atoms. The number of anilines is 3. The van der Waals surface area contributed by atoms with Crippen LogP contribution in [-0.4, -0.2) is 0 Å². The van der Waals surface area contributed by atoms with E-state index in [0.29, 0.717) is 0 Å². The van der Waals surface area contributed by atoms with Crippen LogP contribution in [0.3, 0.4) is 0 Å². The third-order valence-corrected chi connectivity index (χ3v) is 7.65. The summed E-state index contributed by atoms with van der Waals surface area (Å²) in [7, 11) is 0. The summed E-state index contributed by atoms with van der Waals surface area (Å²) in [5.41, 5.74) is 10.6. The molecule has 0 unspecified atom stereocenters. The Morgan fingerprint density at radius 1 is 0.293 bits per heavy atom. The van der Waals surface area contributed by atoms with Crippen molar-refractivity contribution in [1.82, 2.24) is 0 Å². The van der Waals surface area contributed by atoms with Crippen LogP contribution in [0, 0.1) is 0 Å². The lowest BCUT2D eigenvalue weighted by atomic mass is 9.96. The SMILES string of the molecule is c1ccc(-c2ccc(N(c3ccc(-c4ccccc4)cc3)c3cc(-c4ccccc4)c4ccccc4c3)cc2)cc1. The molecule has 0 amide bonds. The van der Waals surface area contributed by atoms with Crippen LogP contribution >= 0.6 is 0 Å². The quantitative estimate of drug-likeness (QED) is 0.209. The van der Waals surface area contributed by atoms with Crippen molar-refractivity contribution >= 4 is 27.8 Å². The normalized spacial score (nSPS) is 10.9. The van der Waals surface area contributed by atoms with Crippen molar-refractivity contribution < 1.29 is 0 Å². The van der Waals surface area contributed by atoms with E-state index in [-0.39, 0.29) is 0 Å². The largest absolute Gasteiger partial charge is 0.310 e. The number of fused-ring (bicyclic) bond motifs is 1. The second kappa shape index (κ2) is 11.0. The van der Waals surface area contributed by atoms with Gasteiger partial charge in [-0.1, -0.05) is 140 Å². The van der Waals surface area contributed by atoms with E-state index in [4.69, 9.17) is 0 Å². The molecule has 1 nitrogen and oxygen atoms in total. The lowest BCUT2D eigenvalue weighted by Gasteiger charge is -2.27. The van der Waals surface area contributed by atoms with Crippen LogP contribution in [-0.2, 0) is 0 Å². The van der Waals surface area contributed by atoms with Gasteiger partial charge < -0.3 is 4.90 Å². The first kappa shape index (κ1) is 24.6. The lowest BCUT2D eigenvalue weighted by molar-refractivity contribution is 1.29. The zero-order valence-corrected chi connectivity index (χ0v) is 22.7. The first-order valence-corrected chi connectivity index (χ1v) is 14.0. The topological polar surface area (TPSA) is 3.24 Å². The number of rotatable bonds is 6. The van der Waals surface area contributed by atoms with E-state index in [0.717, 1.165) is 17.1 Å². The minimum Gasteiger partial charge on any atom is -0.310 e. The van der Waals surface area contributed by atoms with E-state index in [9.17, 15) is 0 Å². The molecule has 0 heterocycles. The van der Waals surface area contributed by atoms with Gasteiger partial charge in [0, 0.05) is 17.1 Å². The van der Waals surface area contributed by atoms with Gasteiger partial charge in [0.05, 0.1) is 0 Å². The second-order valence-corrected chi connectivity index (χ2v) is 10.2. The Kier molecular flexibility index (Phi) is 6.61. The highest BCUT2D eigenvalue weighted by Gasteiger charge is 2.16. The van der Waals surface area contributed by atoms with Crippen LogP contribution in [0.15, 0.2) is 176 Å². The van der Waals surface area contributed by atoms with Gasteiger partial charge in [0.15, 0.2) is 0 Å². The maximum absolute atomic E-state index is 2.36. The molecule has 194 valence electrons. The van der Waals surface area contributed by atoms with E-state index in [1.54, 1.807) is 0 Å². The summed E-state index contributed by atoms with van der Waals surface area (Å²) >= 11 is 0. The monoisotopic (exact) mass is 523 g/mol. The molecule has 41 heavy (non-hydrogen) atoms. The molecule has 0 radical (unpaired) electrons. The summed E-state index contributed by atoms with van der Waals surface area (Å²) in [6.45, 7) is 0. The average molecular weight is 524 g/mol. The summed E-state index contributed by atoms with van der Waals surface area (Å²) in [6, 6.07) is 62.9. The van der Waals surface area contributed by atoms with Crippen LogP contribution in [0.2, 0.25) is 0 Å². The predicted octanol–water partition coefficient (Wildman–Crippen LogP) is 11.3. The molecule has 1 heteroatoms. The third-order valence-electron chi connectivity index (χ3n) is 7.65. The fourth-order valence-corrected chi connectivity index (χ4v) is 5.59. The summed E-state index contributed by atoms with van der Waals surface area (Å²) < 4.78 is 0. The Labute approximate surface area is 241 Å². The molecule has 0 saturated carbocycles. The fourth-order valence-electron chi connectivity index (χ4n) is 5.59. The van der Waals surface area contributed by atoms with Crippen LogP contribution < -0.4 is 4.90 Å². The van der Waals surface area contributed by atoms with Crippen LogP contribution in [0.5, 0.6) is 0 Å². The van der Waals surface area contributed by atoms with Crippen molar-refractivity contribution in [2.24, 2.45) is 0 Å². The number of hydrogen-bond acceptors (Lipinski definition) is 1. The lowest BCUT2D eigenvalue weighted by Crippen LogP contribution is -2.10. The Balaban J connectivity index is 1.39. The molecule has 0 bridgehead atoms. The highest BCUT2D eigenvalue weighted by atomic mass is 15.1. The summed E-state index contributed by atoms with van der Waals surface area (Å²) in [5.74, 6) is 0. The highest BCUT2D eigenvalue weighted by Crippen LogP contribution is 2.41. The molecule has 7 aromatic carbocycles. The van der Waals surface area contributed by atoms with Gasteiger partial charge in [0.2, 0.25) is 0 Å². The average Bonchev–Trinajstić information content (AvgIpc) is 3.06. The Bertz CT molecular complexity index is 1810. The number of nitrogens with zero attached hydrogens (tertiary/aromatic N) is 1. The van der Waals surface area contributed by atoms with Gasteiger partial charge in [-0.3, -0.25) is 0 Å². The fraction of sp³-hybridized carbons (Fsp3) is 0. The standard InChI is InChI=1S/C40H29N/c1-4-12-30(13-5-1)32-20-24-36(25-21-32)41(37-26-22-33(23-27-37)31-14-6-2-7-15-31)38-28-35-18-10-11-19-39(35)40(29-38)34-16-8-3-9-17-34/h1-29H. The number of benzene rings is 7. The number of hydrogen-bond donors (Lipinski definition) is 0. The molecule has 0 atom stereocenters. The highest BCUT2D eigenvalue weighted by molar-refractivity contribution is 6.01. The molecule has 0 N–H and O–H groups in total. The van der Waals surface area contributed by atoms with E-state index < -0.39 is 0 Å². The Morgan fingerprint density at radius 2 is 0.707 bits per heavy atom. The van der Waals surface area contributed by atoms with E-state index >= 15 is 0 Å². The van der Waals surface area contributed by atoms with Crippen LogP contribution in [0.25, 0.3) is 44.2 Å². The van der Waals surface area contributed by atoms with Gasteiger partial charge in [-0.25, -0.2) is 0 Å². The van der Waals surface area contributed by atoms with Crippen molar-refractivity contribution in [3.05, 3.63) is 176 Å². The second-order valence-electron chi connectivity index (χ2n) is 10.2. The van der Waals surface area contributed by atoms with Gasteiger partial charge >= 0.3 is 0 Å². The van der Waals surface area contributed by atoms with E-state index in [2.05, 4.69) is 181 Å². The summed E-state index contributed by atoms with van der Waals surface area (Å²) in [6.07, 6.45) is 0. The summed E-state index contributed by atoms with van der Waals surface area (Å²) in [4.78, 5) is 2.36. The maximum atomic E-state index is 2.36. The Morgan fingerprint density at radius 3 is 1.22 bits per heavy atom. The van der Waals surface area contributed by atoms with Crippen LogP contribution in [0.4, 0.5) is 17.1 Å². The van der Waals surface area contributed by atoms with Crippen molar-refractivity contribution in [3.63, 3.8) is 0 Å². The molecule has 0 aliphatic rings. The van der Waals surface area contributed by atoms with E-state index in [1.807, 2.05) is 0 Å². The third kappa shape index (κ3) is 5.02. The zero-order valence-electron chi connectivity index (χ0n) is 22.7. The maximum Gasteiger partial charge on any atom is 0.0474 e. The Hall–Kier alpha value is -5.40. The molecule has 0 aliphatic heterocycles. The van der Waals surface area contributed by atoms with Crippen molar-refractivity contribution in [3.8, 4) is 33.4 Å². The van der Waals surface area contributed by atoms with E-state index in [1.165, 1.54) is 44.2 Å². The van der Waals surface area contributed by atoms with Crippen molar-refractivity contribution in [1.29, 1.82) is 0 Å². The minimum atomic E-state index is 1.12. The molecule has 7 aromatic rings. The zero-order chi connectivity index (χ0) is 27.4. The molecule has 7 rings (SSSR count). The smallest absolute Gasteiger partial charge is 0.0474 e. The molecule has 0 aromatic heterocycles. The van der Waals surface area contributed by atoms with Gasteiger partial charge in [0.25, 0.3) is 0 Å². The first-order valence-electron chi connectivity index (χ1n) is 14.0. The molecule has 0 saturated heterocycles. The minimum absolute atomic E-state index is 1.12. The first-order chi connectivity index (χ1) is 20.3. The van der Waals surface area contributed by atoms with Crippen molar-refractivity contribution in [2.75, 3.05) is 4.90 Å². The molecular formula is C40H29N. The molecular weight excluding hydrogens is 494 g/mol. The van der Waals surface area contributed by atoms with Gasteiger partial charge in [-0.15, -0.1) is 0 Å². The van der Waals surface area contributed by atoms with Gasteiger partial charge in [-0.2, -0.15) is 0 Å². The summed E-state index contributed by atoms with van der Waals surface area (Å²) in [5, 5.41) is 2.47. The molecule has 0 aliphatic carbocycles. The van der Waals surface area contributed by atoms with Crippen LogP contribution in [0.1, 0.15) is 0 Å². The van der Waals surface area contributed by atoms with Gasteiger partial charge in [-0.05, 0) is 80.6 Å². The van der Waals surface area contributed by atoms with Gasteiger partial charge in [0.1, 0.15) is 0 Å². The van der Waals surface area contributed by atoms with Crippen molar-refractivity contribution in [2.45, 2.75) is 0 Å². The molecule has 0 fully saturated rings. The predicted molar refractivity (Wildman–Crippen MR) is 175 cm³/mol.